The van der Waals surface area contributed by atoms with Crippen molar-refractivity contribution in [2.24, 2.45) is 0 Å². The van der Waals surface area contributed by atoms with Crippen LogP contribution >= 0.6 is 11.8 Å². The monoisotopic (exact) mass is 456 g/mol. The van der Waals surface area contributed by atoms with Crippen molar-refractivity contribution in [2.45, 2.75) is 18.8 Å². The summed E-state index contributed by atoms with van der Waals surface area (Å²) in [6.45, 7) is 1.77. The smallest absolute Gasteiger partial charge is 0.251 e. The van der Waals surface area contributed by atoms with Crippen LogP contribution in [0.15, 0.2) is 60.7 Å². The van der Waals surface area contributed by atoms with E-state index in [2.05, 4.69) is 5.32 Å². The predicted octanol–water partition coefficient (Wildman–Crippen LogP) is 5.12. The first-order valence-electron chi connectivity index (χ1n) is 9.85. The number of carbonyl (C=O) groups excluding carboxylic acids is 2. The average molecular weight is 456 g/mol. The average Bonchev–Trinajstić information content (AvgIpc) is 3.13. The van der Waals surface area contributed by atoms with E-state index in [1.165, 1.54) is 23.9 Å². The molecule has 2 amide bonds. The topological polar surface area (TPSA) is 49.4 Å². The molecule has 32 heavy (non-hydrogen) atoms. The van der Waals surface area contributed by atoms with Gasteiger partial charge in [0.2, 0.25) is 5.91 Å². The lowest BCUT2D eigenvalue weighted by Gasteiger charge is -2.26. The molecule has 164 valence electrons. The molecule has 4 nitrogen and oxygen atoms in total. The fourth-order valence-corrected chi connectivity index (χ4v) is 4.79. The van der Waals surface area contributed by atoms with E-state index >= 15 is 0 Å². The lowest BCUT2D eigenvalue weighted by molar-refractivity contribution is -0.115. The summed E-state index contributed by atoms with van der Waals surface area (Å²) in [5, 5.41) is 2.35. The van der Waals surface area contributed by atoms with Crippen LogP contribution in [0.3, 0.4) is 0 Å². The molecule has 1 aliphatic rings. The van der Waals surface area contributed by atoms with Crippen LogP contribution < -0.4 is 10.2 Å². The number of rotatable bonds is 5. The molecule has 0 spiro atoms. The minimum Gasteiger partial charge on any atom is -0.348 e. The Kier molecular flexibility index (Phi) is 6.23. The van der Waals surface area contributed by atoms with E-state index in [9.17, 15) is 22.8 Å². The molecule has 1 fully saturated rings. The summed E-state index contributed by atoms with van der Waals surface area (Å²) in [4.78, 5) is 26.8. The van der Waals surface area contributed by atoms with E-state index in [0.29, 0.717) is 22.6 Å². The van der Waals surface area contributed by atoms with Gasteiger partial charge in [0.05, 0.1) is 5.75 Å². The van der Waals surface area contributed by atoms with Gasteiger partial charge in [0, 0.05) is 23.9 Å². The number of hydrogen-bond acceptors (Lipinski definition) is 3. The molecule has 3 aromatic carbocycles. The standard InChI is InChI=1S/C24H19F3N2O2S/c1-14-8-17(23(31)28-12-15-9-19(26)11-20(27)10-15)4-7-21(14)29-22(30)13-32-24(29)16-2-5-18(25)6-3-16/h2-11,24H,12-13H2,1H3,(H,28,31). The van der Waals surface area contributed by atoms with Crippen LogP contribution in [0.2, 0.25) is 0 Å². The van der Waals surface area contributed by atoms with Gasteiger partial charge in [-0.3, -0.25) is 14.5 Å². The first-order valence-corrected chi connectivity index (χ1v) is 10.9. The Morgan fingerprint density at radius 1 is 1.00 bits per heavy atom. The summed E-state index contributed by atoms with van der Waals surface area (Å²) in [6.07, 6.45) is 0. The predicted molar refractivity (Wildman–Crippen MR) is 118 cm³/mol. The van der Waals surface area contributed by atoms with Crippen molar-refractivity contribution in [1.82, 2.24) is 5.32 Å². The van der Waals surface area contributed by atoms with Crippen LogP contribution in [0.1, 0.15) is 32.4 Å². The van der Waals surface area contributed by atoms with E-state index in [1.807, 2.05) is 0 Å². The number of thioether (sulfide) groups is 1. The number of benzene rings is 3. The van der Waals surface area contributed by atoms with Crippen LogP contribution in [0, 0.1) is 24.4 Å². The molecule has 0 aliphatic carbocycles. The Labute approximate surface area is 187 Å². The van der Waals surface area contributed by atoms with Crippen molar-refractivity contribution >= 4 is 29.3 Å². The number of nitrogens with one attached hydrogen (secondary N) is 1. The highest BCUT2D eigenvalue weighted by Gasteiger charge is 2.34. The summed E-state index contributed by atoms with van der Waals surface area (Å²) in [7, 11) is 0. The molecule has 3 aromatic rings. The van der Waals surface area contributed by atoms with Crippen molar-refractivity contribution in [3.63, 3.8) is 0 Å². The third-order valence-electron chi connectivity index (χ3n) is 5.12. The fourth-order valence-electron chi connectivity index (χ4n) is 3.62. The molecule has 1 saturated heterocycles. The number of amides is 2. The molecule has 1 atom stereocenters. The highest BCUT2D eigenvalue weighted by molar-refractivity contribution is 8.00. The Morgan fingerprint density at radius 3 is 2.34 bits per heavy atom. The van der Waals surface area contributed by atoms with Gasteiger partial charge in [-0.25, -0.2) is 13.2 Å². The second-order valence-corrected chi connectivity index (χ2v) is 8.51. The van der Waals surface area contributed by atoms with E-state index in [0.717, 1.165) is 29.3 Å². The Bertz CT molecular complexity index is 1160. The number of nitrogens with zero attached hydrogens (tertiary/aromatic N) is 1. The minimum absolute atomic E-state index is 0.0256. The molecule has 0 radical (unpaired) electrons. The maximum Gasteiger partial charge on any atom is 0.251 e. The van der Waals surface area contributed by atoms with E-state index < -0.39 is 17.5 Å². The highest BCUT2D eigenvalue weighted by Crippen LogP contribution is 2.42. The Hall–Kier alpha value is -3.26. The Morgan fingerprint density at radius 2 is 1.69 bits per heavy atom. The third-order valence-corrected chi connectivity index (χ3v) is 6.33. The molecule has 8 heteroatoms. The van der Waals surface area contributed by atoms with Gasteiger partial charge in [-0.05, 0) is 66.1 Å². The molecule has 1 aliphatic heterocycles. The molecule has 1 heterocycles. The molecule has 1 N–H and O–H groups in total. The van der Waals surface area contributed by atoms with Gasteiger partial charge in [-0.2, -0.15) is 0 Å². The van der Waals surface area contributed by atoms with Crippen LogP contribution in [0.4, 0.5) is 18.9 Å². The molecular weight excluding hydrogens is 437 g/mol. The molecule has 0 bridgehead atoms. The SMILES string of the molecule is Cc1cc(C(=O)NCc2cc(F)cc(F)c2)ccc1N1C(=O)CSC1c1ccc(F)cc1. The van der Waals surface area contributed by atoms with Gasteiger partial charge in [0.15, 0.2) is 0 Å². The van der Waals surface area contributed by atoms with Gasteiger partial charge in [-0.15, -0.1) is 11.8 Å². The second kappa shape index (κ2) is 9.08. The minimum atomic E-state index is -0.710. The number of aryl methyl sites for hydroxylation is 1. The number of hydrogen-bond donors (Lipinski definition) is 1. The fraction of sp³-hybridized carbons (Fsp3) is 0.167. The number of anilines is 1. The highest BCUT2D eigenvalue weighted by atomic mass is 32.2. The Balaban J connectivity index is 1.52. The molecule has 0 saturated carbocycles. The van der Waals surface area contributed by atoms with Crippen LogP contribution in [-0.2, 0) is 11.3 Å². The van der Waals surface area contributed by atoms with Crippen molar-refractivity contribution in [3.05, 3.63) is 100 Å². The second-order valence-electron chi connectivity index (χ2n) is 7.44. The van der Waals surface area contributed by atoms with Crippen molar-refractivity contribution in [2.75, 3.05) is 10.7 Å². The first-order chi connectivity index (χ1) is 15.3. The number of halogens is 3. The van der Waals surface area contributed by atoms with Crippen LogP contribution in [0.5, 0.6) is 0 Å². The van der Waals surface area contributed by atoms with Gasteiger partial charge in [0.1, 0.15) is 22.8 Å². The van der Waals surface area contributed by atoms with Crippen molar-refractivity contribution in [3.8, 4) is 0 Å². The molecule has 1 unspecified atom stereocenters. The van der Waals surface area contributed by atoms with Crippen molar-refractivity contribution < 1.29 is 22.8 Å². The first kappa shape index (κ1) is 22.0. The number of carbonyl (C=O) groups is 2. The summed E-state index contributed by atoms with van der Waals surface area (Å²) in [5.41, 5.74) is 2.87. The lowest BCUT2D eigenvalue weighted by Crippen LogP contribution is -2.29. The maximum absolute atomic E-state index is 13.3. The van der Waals surface area contributed by atoms with E-state index in [4.69, 9.17) is 0 Å². The van der Waals surface area contributed by atoms with E-state index in [1.54, 1.807) is 42.2 Å². The molecular formula is C24H19F3N2O2S. The van der Waals surface area contributed by atoms with Gasteiger partial charge in [0.25, 0.3) is 5.91 Å². The molecule has 0 aromatic heterocycles. The summed E-state index contributed by atoms with van der Waals surface area (Å²) in [6, 6.07) is 14.1. The van der Waals surface area contributed by atoms with Gasteiger partial charge < -0.3 is 5.32 Å². The zero-order valence-electron chi connectivity index (χ0n) is 17.1. The van der Waals surface area contributed by atoms with Crippen LogP contribution in [-0.4, -0.2) is 17.6 Å². The molecule has 4 rings (SSSR count). The zero-order valence-corrected chi connectivity index (χ0v) is 17.9. The quantitative estimate of drug-likeness (QED) is 0.580. The largest absolute Gasteiger partial charge is 0.348 e. The van der Waals surface area contributed by atoms with Gasteiger partial charge in [-0.1, -0.05) is 12.1 Å². The van der Waals surface area contributed by atoms with Gasteiger partial charge >= 0.3 is 0 Å². The normalized spacial score (nSPS) is 15.8. The lowest BCUT2D eigenvalue weighted by atomic mass is 10.1. The van der Waals surface area contributed by atoms with Crippen molar-refractivity contribution in [1.29, 1.82) is 0 Å². The summed E-state index contributed by atoms with van der Waals surface area (Å²) >= 11 is 1.45. The maximum atomic E-state index is 13.3. The summed E-state index contributed by atoms with van der Waals surface area (Å²) < 4.78 is 39.9. The third kappa shape index (κ3) is 4.65. The zero-order chi connectivity index (χ0) is 22.8. The van der Waals surface area contributed by atoms with E-state index in [-0.39, 0.29) is 23.6 Å². The summed E-state index contributed by atoms with van der Waals surface area (Å²) in [5.74, 6) is -1.94. The van der Waals surface area contributed by atoms with Crippen LogP contribution in [0.25, 0.3) is 0 Å².